The van der Waals surface area contributed by atoms with Gasteiger partial charge in [-0.1, -0.05) is 109 Å². The first-order valence-corrected chi connectivity index (χ1v) is 19.5. The highest BCUT2D eigenvalue weighted by atomic mass is 19.4. The number of para-hydroxylation sites is 4. The van der Waals surface area contributed by atoms with Crippen LogP contribution in [-0.2, 0) is 6.18 Å². The van der Waals surface area contributed by atoms with E-state index in [4.69, 9.17) is 13.1 Å². The van der Waals surface area contributed by atoms with E-state index in [2.05, 4.69) is 15.8 Å². The summed E-state index contributed by atoms with van der Waals surface area (Å²) < 4.78 is 50.3. The summed E-state index contributed by atoms with van der Waals surface area (Å²) in [5.74, 6) is 0. The Labute approximate surface area is 348 Å². The van der Waals surface area contributed by atoms with Crippen LogP contribution in [0.15, 0.2) is 164 Å². The molecule has 10 rings (SSSR count). The maximum atomic E-state index is 15.4. The predicted molar refractivity (Wildman–Crippen MR) is 238 cm³/mol. The highest BCUT2D eigenvalue weighted by Crippen LogP contribution is 2.48. The monoisotopic (exact) mass is 793 g/mol. The number of nitriles is 1. The summed E-state index contributed by atoms with van der Waals surface area (Å²) in [5.41, 5.74) is 8.14. The molecule has 8 heteroatoms. The van der Waals surface area contributed by atoms with Crippen molar-refractivity contribution in [3.63, 3.8) is 0 Å². The molecule has 0 saturated carbocycles. The van der Waals surface area contributed by atoms with Gasteiger partial charge in [0.05, 0.1) is 63.8 Å². The highest BCUT2D eigenvalue weighted by molar-refractivity contribution is 6.13. The summed E-state index contributed by atoms with van der Waals surface area (Å²) in [6.45, 7) is 17.3. The van der Waals surface area contributed by atoms with Gasteiger partial charge in [0.2, 0.25) is 0 Å². The molecular formula is C53H30F3N5. The molecule has 0 bridgehead atoms. The first-order valence-electron chi connectivity index (χ1n) is 19.5. The number of hydrogen-bond donors (Lipinski definition) is 0. The highest BCUT2D eigenvalue weighted by Gasteiger charge is 2.36. The van der Waals surface area contributed by atoms with Crippen LogP contribution in [0.4, 0.5) is 24.5 Å². The molecular weight excluding hydrogens is 764 g/mol. The average molecular weight is 794 g/mol. The number of benzene rings is 8. The van der Waals surface area contributed by atoms with Crippen molar-refractivity contribution in [1.29, 1.82) is 5.26 Å². The van der Waals surface area contributed by atoms with E-state index in [0.29, 0.717) is 33.9 Å². The van der Waals surface area contributed by atoms with Gasteiger partial charge in [-0.2, -0.15) is 18.4 Å². The zero-order valence-electron chi connectivity index (χ0n) is 32.5. The third-order valence-corrected chi connectivity index (χ3v) is 11.6. The number of aryl methyl sites for hydroxylation is 1. The van der Waals surface area contributed by atoms with Crippen molar-refractivity contribution in [2.75, 3.05) is 0 Å². The fourth-order valence-electron chi connectivity index (χ4n) is 8.95. The van der Waals surface area contributed by atoms with Crippen LogP contribution in [0.25, 0.3) is 98.1 Å². The summed E-state index contributed by atoms with van der Waals surface area (Å²) in [6.07, 6.45) is -4.72. The van der Waals surface area contributed by atoms with Crippen LogP contribution in [0.2, 0.25) is 0 Å². The minimum Gasteiger partial charge on any atom is -0.308 e. The Kier molecular flexibility index (Phi) is 8.58. The largest absolute Gasteiger partial charge is 0.417 e. The average Bonchev–Trinajstić information content (AvgIpc) is 3.80. The molecule has 2 heterocycles. The molecule has 0 N–H and O–H groups in total. The van der Waals surface area contributed by atoms with E-state index < -0.39 is 11.7 Å². The van der Waals surface area contributed by atoms with Gasteiger partial charge < -0.3 is 9.13 Å². The molecule has 61 heavy (non-hydrogen) atoms. The lowest BCUT2D eigenvalue weighted by Gasteiger charge is -2.24. The van der Waals surface area contributed by atoms with Crippen LogP contribution in [0.3, 0.4) is 0 Å². The standard InChI is InChI=1S/C53H30F3N5/c1-32-13-12-18-42(53(54,55)56)51(32)52-49(60-45-21-10-6-16-38(45)40-29-34(23-25-47(40)60)36-14-4-8-19-43(36)58-2)27-33(31-57)28-50(52)61-46-22-11-7-17-39(46)41-30-35(24-26-48(41)61)37-15-5-9-20-44(37)59-3/h4-30H,1H3. The molecule has 0 fully saturated rings. The molecule has 0 saturated heterocycles. The van der Waals surface area contributed by atoms with Gasteiger partial charge in [0, 0.05) is 32.7 Å². The second-order valence-corrected chi connectivity index (χ2v) is 14.9. The lowest BCUT2D eigenvalue weighted by molar-refractivity contribution is -0.137. The van der Waals surface area contributed by atoms with Gasteiger partial charge in [0.15, 0.2) is 11.4 Å². The lowest BCUT2D eigenvalue weighted by Crippen LogP contribution is -2.12. The first kappa shape index (κ1) is 36.9. The molecule has 0 radical (unpaired) electrons. The van der Waals surface area contributed by atoms with Crippen molar-refractivity contribution in [1.82, 2.24) is 9.13 Å². The number of aromatic nitrogens is 2. The Morgan fingerprint density at radius 3 is 1.44 bits per heavy atom. The van der Waals surface area contributed by atoms with Crippen LogP contribution in [-0.4, -0.2) is 9.13 Å². The summed E-state index contributed by atoms with van der Waals surface area (Å²) in [4.78, 5) is 7.51. The maximum Gasteiger partial charge on any atom is 0.417 e. The Bertz CT molecular complexity index is 3390. The maximum absolute atomic E-state index is 15.4. The topological polar surface area (TPSA) is 42.4 Å². The summed E-state index contributed by atoms with van der Waals surface area (Å²) >= 11 is 0. The van der Waals surface area contributed by atoms with Crippen LogP contribution < -0.4 is 0 Å². The zero-order valence-corrected chi connectivity index (χ0v) is 32.5. The molecule has 288 valence electrons. The number of alkyl halides is 3. The lowest BCUT2D eigenvalue weighted by atomic mass is 9.90. The molecule has 0 atom stereocenters. The minimum atomic E-state index is -4.72. The normalized spacial score (nSPS) is 11.6. The molecule has 0 aliphatic rings. The van der Waals surface area contributed by atoms with Gasteiger partial charge in [-0.15, -0.1) is 0 Å². The minimum absolute atomic E-state index is 0.00608. The van der Waals surface area contributed by atoms with E-state index in [-0.39, 0.29) is 11.1 Å². The van der Waals surface area contributed by atoms with Crippen molar-refractivity contribution >= 4 is 55.0 Å². The fraction of sp³-hybridized carbons (Fsp3) is 0.0377. The Morgan fingerprint density at radius 1 is 0.508 bits per heavy atom. The van der Waals surface area contributed by atoms with Gasteiger partial charge in [0.25, 0.3) is 0 Å². The van der Waals surface area contributed by atoms with E-state index in [1.807, 2.05) is 130 Å². The predicted octanol–water partition coefficient (Wildman–Crippen LogP) is 15.2. The van der Waals surface area contributed by atoms with Crippen molar-refractivity contribution in [2.45, 2.75) is 13.1 Å². The van der Waals surface area contributed by atoms with E-state index in [0.717, 1.165) is 71.9 Å². The SMILES string of the molecule is [C-]#[N+]c1ccccc1-c1ccc2c(c1)c1ccccc1n2-c1cc(C#N)cc(-n2c3ccccc3c3cc(-c4ccccc4[N+]#[C-])ccc32)c1-c1c(C)cccc1C(F)(F)F. The molecule has 0 aliphatic carbocycles. The Balaban J connectivity index is 1.36. The molecule has 0 aliphatic heterocycles. The smallest absolute Gasteiger partial charge is 0.308 e. The molecule has 0 unspecified atom stereocenters. The van der Waals surface area contributed by atoms with Crippen molar-refractivity contribution < 1.29 is 13.2 Å². The fourth-order valence-corrected chi connectivity index (χ4v) is 8.95. The van der Waals surface area contributed by atoms with Crippen LogP contribution in [0.1, 0.15) is 16.7 Å². The van der Waals surface area contributed by atoms with Gasteiger partial charge in [-0.05, 0) is 89.3 Å². The number of fused-ring (bicyclic) bond motifs is 6. The molecule has 2 aromatic heterocycles. The zero-order chi connectivity index (χ0) is 42.0. The van der Waals surface area contributed by atoms with Gasteiger partial charge in [-0.3, -0.25) is 0 Å². The molecule has 10 aromatic rings. The van der Waals surface area contributed by atoms with Crippen molar-refractivity contribution in [3.8, 4) is 50.8 Å². The third kappa shape index (κ3) is 5.83. The van der Waals surface area contributed by atoms with Crippen molar-refractivity contribution in [2.24, 2.45) is 0 Å². The molecule has 5 nitrogen and oxygen atoms in total. The first-order chi connectivity index (χ1) is 29.7. The molecule has 0 spiro atoms. The van der Waals surface area contributed by atoms with Crippen molar-refractivity contribution in [3.05, 3.63) is 203 Å². The van der Waals surface area contributed by atoms with Crippen LogP contribution >= 0.6 is 0 Å². The number of rotatable bonds is 5. The summed E-state index contributed by atoms with van der Waals surface area (Å²) in [6, 6.07) is 52.1. The quantitative estimate of drug-likeness (QED) is 0.160. The number of halogens is 3. The van der Waals surface area contributed by atoms with Crippen LogP contribution in [0, 0.1) is 31.4 Å². The van der Waals surface area contributed by atoms with E-state index in [9.17, 15) is 5.26 Å². The molecule has 0 amide bonds. The summed E-state index contributed by atoms with van der Waals surface area (Å²) in [7, 11) is 0. The van der Waals surface area contributed by atoms with Gasteiger partial charge in [-0.25, -0.2) is 9.69 Å². The molecule has 8 aromatic carbocycles. The van der Waals surface area contributed by atoms with E-state index in [1.54, 1.807) is 37.3 Å². The van der Waals surface area contributed by atoms with Gasteiger partial charge in [0.1, 0.15) is 0 Å². The van der Waals surface area contributed by atoms with E-state index in [1.165, 1.54) is 6.07 Å². The number of nitrogens with zero attached hydrogens (tertiary/aromatic N) is 5. The third-order valence-electron chi connectivity index (χ3n) is 11.6. The van der Waals surface area contributed by atoms with Crippen LogP contribution in [0.5, 0.6) is 0 Å². The second-order valence-electron chi connectivity index (χ2n) is 14.9. The number of hydrogen-bond acceptors (Lipinski definition) is 1. The van der Waals surface area contributed by atoms with Gasteiger partial charge >= 0.3 is 6.18 Å². The summed E-state index contributed by atoms with van der Waals surface area (Å²) in [5, 5.41) is 14.2. The Morgan fingerprint density at radius 2 is 0.967 bits per heavy atom. The Hall–Kier alpha value is -8.38. The second kappa shape index (κ2) is 14.2. The van der Waals surface area contributed by atoms with E-state index >= 15 is 13.2 Å².